The summed E-state index contributed by atoms with van der Waals surface area (Å²) in [6.07, 6.45) is 8.57. The molecule has 0 spiro atoms. The summed E-state index contributed by atoms with van der Waals surface area (Å²) in [5.41, 5.74) is 1.99. The van der Waals surface area contributed by atoms with Gasteiger partial charge in [0.25, 0.3) is 0 Å². The first-order chi connectivity index (χ1) is 16.3. The number of carbonyl (C=O) groups is 1. The molecule has 0 aromatic heterocycles. The lowest BCUT2D eigenvalue weighted by Gasteiger charge is -2.37. The summed E-state index contributed by atoms with van der Waals surface area (Å²) < 4.78 is 26.9. The summed E-state index contributed by atoms with van der Waals surface area (Å²) in [6.45, 7) is 4.93. The van der Waals surface area contributed by atoms with E-state index in [-0.39, 0.29) is 29.5 Å². The van der Waals surface area contributed by atoms with Crippen molar-refractivity contribution < 1.29 is 13.6 Å². The van der Waals surface area contributed by atoms with E-state index in [4.69, 9.17) is 0 Å². The number of benzene rings is 2. The second-order valence-electron chi connectivity index (χ2n) is 10.2. The van der Waals surface area contributed by atoms with Crippen LogP contribution in [0.2, 0.25) is 0 Å². The molecule has 1 amide bonds. The van der Waals surface area contributed by atoms with E-state index in [0.717, 1.165) is 30.4 Å². The van der Waals surface area contributed by atoms with Crippen molar-refractivity contribution in [3.05, 3.63) is 71.3 Å². The Bertz CT molecular complexity index is 831. The first kappa shape index (κ1) is 26.3. The molecule has 3 nitrogen and oxygen atoms in total. The van der Waals surface area contributed by atoms with Gasteiger partial charge in [0.1, 0.15) is 11.6 Å². The first-order valence-corrected chi connectivity index (χ1v) is 12.9. The van der Waals surface area contributed by atoms with Crippen LogP contribution in [0.5, 0.6) is 0 Å². The molecule has 1 saturated carbocycles. The SMILES string of the molecule is CC(C)CC(C(=O)NCCCC(c1ccc(F)cc1)c1ccc(F)cc1)N(C)C1CCCCC1. The molecule has 2 aromatic rings. The van der Waals surface area contributed by atoms with Crippen molar-refractivity contribution in [2.75, 3.05) is 13.6 Å². The van der Waals surface area contributed by atoms with Crippen LogP contribution in [-0.2, 0) is 4.79 Å². The lowest BCUT2D eigenvalue weighted by atomic mass is 9.87. The van der Waals surface area contributed by atoms with Gasteiger partial charge in [-0.05, 0) is 80.5 Å². The van der Waals surface area contributed by atoms with Gasteiger partial charge in [0.05, 0.1) is 6.04 Å². The molecule has 3 rings (SSSR count). The number of carbonyl (C=O) groups excluding carboxylic acids is 1. The van der Waals surface area contributed by atoms with Gasteiger partial charge in [0.2, 0.25) is 5.91 Å². The highest BCUT2D eigenvalue weighted by atomic mass is 19.1. The van der Waals surface area contributed by atoms with Crippen LogP contribution in [0.4, 0.5) is 8.78 Å². The Balaban J connectivity index is 1.60. The third-order valence-corrected chi connectivity index (χ3v) is 7.15. The number of likely N-dealkylation sites (N-methyl/N-ethyl adjacent to an activating group) is 1. The van der Waals surface area contributed by atoms with Crippen LogP contribution in [0.25, 0.3) is 0 Å². The van der Waals surface area contributed by atoms with Crippen molar-refractivity contribution in [1.29, 1.82) is 0 Å². The monoisotopic (exact) mass is 470 g/mol. The number of nitrogens with zero attached hydrogens (tertiary/aromatic N) is 1. The number of hydrogen-bond donors (Lipinski definition) is 1. The van der Waals surface area contributed by atoms with Gasteiger partial charge in [-0.2, -0.15) is 0 Å². The molecule has 2 aromatic carbocycles. The first-order valence-electron chi connectivity index (χ1n) is 12.9. The number of amides is 1. The summed E-state index contributed by atoms with van der Waals surface area (Å²) in [6, 6.07) is 13.4. The highest BCUT2D eigenvalue weighted by molar-refractivity contribution is 5.81. The van der Waals surface area contributed by atoms with Crippen molar-refractivity contribution in [2.45, 2.75) is 83.2 Å². The number of halogens is 2. The van der Waals surface area contributed by atoms with Crippen molar-refractivity contribution >= 4 is 5.91 Å². The van der Waals surface area contributed by atoms with Crippen molar-refractivity contribution in [3.63, 3.8) is 0 Å². The normalized spacial score (nSPS) is 15.8. The van der Waals surface area contributed by atoms with E-state index < -0.39 is 0 Å². The molecular formula is C29H40F2N2O. The zero-order valence-electron chi connectivity index (χ0n) is 20.9. The summed E-state index contributed by atoms with van der Waals surface area (Å²) >= 11 is 0. The molecule has 5 heteroatoms. The van der Waals surface area contributed by atoms with Gasteiger partial charge < -0.3 is 5.32 Å². The van der Waals surface area contributed by atoms with Crippen molar-refractivity contribution in [3.8, 4) is 0 Å². The quantitative estimate of drug-likeness (QED) is 0.372. The van der Waals surface area contributed by atoms with Gasteiger partial charge in [-0.25, -0.2) is 8.78 Å². The molecule has 1 N–H and O–H groups in total. The minimum absolute atomic E-state index is 0.0227. The van der Waals surface area contributed by atoms with Crippen LogP contribution in [0, 0.1) is 17.6 Å². The lowest BCUT2D eigenvalue weighted by molar-refractivity contribution is -0.127. The molecule has 1 fully saturated rings. The highest BCUT2D eigenvalue weighted by Crippen LogP contribution is 2.30. The minimum Gasteiger partial charge on any atom is -0.355 e. The molecule has 1 aliphatic rings. The maximum atomic E-state index is 13.5. The van der Waals surface area contributed by atoms with Crippen LogP contribution in [0.3, 0.4) is 0 Å². The third kappa shape index (κ3) is 7.63. The van der Waals surface area contributed by atoms with Gasteiger partial charge in [0, 0.05) is 18.5 Å². The molecule has 0 saturated heterocycles. The van der Waals surface area contributed by atoms with Crippen molar-refractivity contribution in [1.82, 2.24) is 10.2 Å². The van der Waals surface area contributed by atoms with E-state index in [9.17, 15) is 13.6 Å². The Morgan fingerprint density at radius 3 is 1.97 bits per heavy atom. The van der Waals surface area contributed by atoms with Gasteiger partial charge in [-0.15, -0.1) is 0 Å². The summed E-state index contributed by atoms with van der Waals surface area (Å²) in [7, 11) is 2.11. The molecule has 0 bridgehead atoms. The Kier molecular flexibility index (Phi) is 10.1. The maximum Gasteiger partial charge on any atom is 0.237 e. The molecular weight excluding hydrogens is 430 g/mol. The second-order valence-corrected chi connectivity index (χ2v) is 10.2. The fourth-order valence-corrected chi connectivity index (χ4v) is 5.20. The molecule has 0 radical (unpaired) electrons. The molecule has 1 atom stereocenters. The fraction of sp³-hybridized carbons (Fsp3) is 0.552. The van der Waals surface area contributed by atoms with E-state index in [1.807, 2.05) is 0 Å². The smallest absolute Gasteiger partial charge is 0.237 e. The molecule has 186 valence electrons. The molecule has 0 aliphatic heterocycles. The predicted molar refractivity (Wildman–Crippen MR) is 135 cm³/mol. The van der Waals surface area contributed by atoms with Gasteiger partial charge in [0.15, 0.2) is 0 Å². The summed E-state index contributed by atoms with van der Waals surface area (Å²) in [5, 5.41) is 3.18. The minimum atomic E-state index is -0.271. The zero-order chi connectivity index (χ0) is 24.5. The summed E-state index contributed by atoms with van der Waals surface area (Å²) in [5.74, 6) is 0.0405. The van der Waals surface area contributed by atoms with Gasteiger partial charge in [-0.1, -0.05) is 57.4 Å². The van der Waals surface area contributed by atoms with E-state index in [1.54, 1.807) is 24.3 Å². The summed E-state index contributed by atoms with van der Waals surface area (Å²) in [4.78, 5) is 15.5. The Hall–Kier alpha value is -2.27. The third-order valence-electron chi connectivity index (χ3n) is 7.15. The Morgan fingerprint density at radius 1 is 0.941 bits per heavy atom. The number of nitrogens with one attached hydrogen (secondary N) is 1. The standard InChI is InChI=1S/C29H40F2N2O/c1-21(2)20-28(33(3)26-8-5-4-6-9-26)29(34)32-19-7-10-27(22-11-15-24(30)16-12-22)23-13-17-25(31)18-14-23/h11-18,21,26-28H,4-10,19-20H2,1-3H3,(H,32,34). The molecule has 34 heavy (non-hydrogen) atoms. The van der Waals surface area contributed by atoms with Crippen LogP contribution in [-0.4, -0.2) is 36.5 Å². The van der Waals surface area contributed by atoms with Gasteiger partial charge >= 0.3 is 0 Å². The predicted octanol–water partition coefficient (Wildman–Crippen LogP) is 6.67. The largest absolute Gasteiger partial charge is 0.355 e. The average molecular weight is 471 g/mol. The maximum absolute atomic E-state index is 13.5. The molecule has 0 heterocycles. The van der Waals surface area contributed by atoms with Crippen molar-refractivity contribution in [2.24, 2.45) is 5.92 Å². The fourth-order valence-electron chi connectivity index (χ4n) is 5.20. The number of hydrogen-bond acceptors (Lipinski definition) is 2. The number of rotatable bonds is 11. The van der Waals surface area contributed by atoms with E-state index in [0.29, 0.717) is 18.5 Å². The topological polar surface area (TPSA) is 32.3 Å². The van der Waals surface area contributed by atoms with Crippen LogP contribution in [0.1, 0.15) is 82.3 Å². The lowest BCUT2D eigenvalue weighted by Crippen LogP contribution is -2.50. The molecule has 1 unspecified atom stereocenters. The Morgan fingerprint density at radius 2 is 1.47 bits per heavy atom. The second kappa shape index (κ2) is 13.0. The van der Waals surface area contributed by atoms with Gasteiger partial charge in [-0.3, -0.25) is 9.69 Å². The average Bonchev–Trinajstić information content (AvgIpc) is 2.84. The van der Waals surface area contributed by atoms with Crippen LogP contribution >= 0.6 is 0 Å². The van der Waals surface area contributed by atoms with Crippen LogP contribution < -0.4 is 5.32 Å². The highest BCUT2D eigenvalue weighted by Gasteiger charge is 2.30. The zero-order valence-corrected chi connectivity index (χ0v) is 20.9. The molecule has 1 aliphatic carbocycles. The van der Waals surface area contributed by atoms with E-state index in [2.05, 4.69) is 31.1 Å². The van der Waals surface area contributed by atoms with Crippen LogP contribution in [0.15, 0.2) is 48.5 Å². The van der Waals surface area contributed by atoms with E-state index >= 15 is 0 Å². The Labute approximate surface area is 203 Å². The van der Waals surface area contributed by atoms with E-state index in [1.165, 1.54) is 56.4 Å².